The Morgan fingerprint density at radius 2 is 2.05 bits per heavy atom. The Balaban J connectivity index is 0.000000220. The highest BCUT2D eigenvalue weighted by Gasteiger charge is 2.23. The summed E-state index contributed by atoms with van der Waals surface area (Å²) in [5.41, 5.74) is 9.19. The Labute approximate surface area is 123 Å². The zero-order chi connectivity index (χ0) is 16.6. The van der Waals surface area contributed by atoms with E-state index in [1.165, 1.54) is 30.9 Å². The molecule has 118 valence electrons. The number of rotatable bonds is 2. The first-order valence-corrected chi connectivity index (χ1v) is 5.70. The highest BCUT2D eigenvalue weighted by molar-refractivity contribution is 5.85. The summed E-state index contributed by atoms with van der Waals surface area (Å²) in [4.78, 5) is 40.5. The standard InChI is InChI=1S/C5H8N4O2.C5H6N4O2/c6-4(10)9-5(11)1-2-7-3-8-5;6-4(11)9-5-7-2-1-3(10)8-5/h1-3,11H,(H,7,8)(H3,6,9,10);1-2H,(H4,6,7,8,9,10,11). The minimum atomic E-state index is -1.70. The maximum Gasteiger partial charge on any atom is 0.318 e. The molecule has 1 unspecified atom stereocenters. The second kappa shape index (κ2) is 7.39. The molecular formula is C10H14N8O4. The van der Waals surface area contributed by atoms with Crippen molar-refractivity contribution in [3.63, 3.8) is 0 Å². The SMILES string of the molecule is NC(=O)NC1(O)C=CNC=N1.NC(=O)Nc1nccc(=O)[nH]1. The van der Waals surface area contributed by atoms with E-state index in [-0.39, 0.29) is 11.5 Å². The molecule has 9 N–H and O–H groups in total. The van der Waals surface area contributed by atoms with Gasteiger partial charge in [-0.1, -0.05) is 0 Å². The van der Waals surface area contributed by atoms with Crippen LogP contribution in [0.3, 0.4) is 0 Å². The van der Waals surface area contributed by atoms with Gasteiger partial charge in [-0.3, -0.25) is 20.4 Å². The number of aliphatic hydroxyl groups is 1. The predicted octanol–water partition coefficient (Wildman–Crippen LogP) is -2.29. The lowest BCUT2D eigenvalue weighted by atomic mass is 10.4. The van der Waals surface area contributed by atoms with E-state index in [1.807, 2.05) is 5.32 Å². The number of nitrogens with zero attached hydrogens (tertiary/aromatic N) is 2. The van der Waals surface area contributed by atoms with Crippen molar-refractivity contribution >= 4 is 24.3 Å². The first-order chi connectivity index (χ1) is 10.3. The van der Waals surface area contributed by atoms with Gasteiger partial charge in [0.15, 0.2) is 0 Å². The van der Waals surface area contributed by atoms with Gasteiger partial charge in [-0.05, 0) is 0 Å². The molecule has 4 amide bonds. The Kier molecular flexibility index (Phi) is 5.59. The number of carbonyl (C=O) groups excluding carboxylic acids is 2. The average Bonchev–Trinajstić information content (AvgIpc) is 2.37. The molecule has 1 aliphatic rings. The van der Waals surface area contributed by atoms with Crippen LogP contribution in [0.5, 0.6) is 0 Å². The van der Waals surface area contributed by atoms with Crippen molar-refractivity contribution in [3.8, 4) is 0 Å². The molecule has 2 rings (SSSR count). The molecule has 0 radical (unpaired) electrons. The van der Waals surface area contributed by atoms with E-state index in [2.05, 4.69) is 25.6 Å². The summed E-state index contributed by atoms with van der Waals surface area (Å²) in [5.74, 6) is -1.65. The smallest absolute Gasteiger partial charge is 0.318 e. The molecule has 0 fully saturated rings. The molecule has 22 heavy (non-hydrogen) atoms. The molecule has 12 nitrogen and oxygen atoms in total. The molecular weight excluding hydrogens is 296 g/mol. The molecule has 0 saturated heterocycles. The van der Waals surface area contributed by atoms with Crippen molar-refractivity contribution in [1.82, 2.24) is 20.6 Å². The van der Waals surface area contributed by atoms with E-state index in [1.54, 1.807) is 0 Å². The van der Waals surface area contributed by atoms with E-state index in [0.29, 0.717) is 0 Å². The Morgan fingerprint density at radius 3 is 2.55 bits per heavy atom. The normalized spacial score (nSPS) is 18.4. The van der Waals surface area contributed by atoms with Gasteiger partial charge in [0.2, 0.25) is 5.95 Å². The Bertz CT molecular complexity index is 640. The zero-order valence-electron chi connectivity index (χ0n) is 11.1. The van der Waals surface area contributed by atoms with Crippen molar-refractivity contribution < 1.29 is 14.7 Å². The van der Waals surface area contributed by atoms with Crippen molar-refractivity contribution in [2.75, 3.05) is 5.32 Å². The second-order valence-electron chi connectivity index (χ2n) is 3.75. The number of H-pyrrole nitrogens is 1. The van der Waals surface area contributed by atoms with Gasteiger partial charge >= 0.3 is 12.1 Å². The molecule has 0 saturated carbocycles. The molecule has 1 aliphatic heterocycles. The molecule has 1 atom stereocenters. The largest absolute Gasteiger partial charge is 0.353 e. The number of urea groups is 2. The van der Waals surface area contributed by atoms with Crippen LogP contribution in [0, 0.1) is 0 Å². The minimum absolute atomic E-state index is 0.0463. The summed E-state index contributed by atoms with van der Waals surface area (Å²) in [6.45, 7) is 0. The highest BCUT2D eigenvalue weighted by Crippen LogP contribution is 2.04. The third-order valence-corrected chi connectivity index (χ3v) is 1.97. The molecule has 0 aromatic carbocycles. The number of aromatic nitrogens is 2. The van der Waals surface area contributed by atoms with Crippen molar-refractivity contribution in [2.45, 2.75) is 5.85 Å². The number of aliphatic imine (C=N–C) groups is 1. The van der Waals surface area contributed by atoms with Gasteiger partial charge in [0.1, 0.15) is 0 Å². The summed E-state index contributed by atoms with van der Waals surface area (Å²) in [7, 11) is 0. The minimum Gasteiger partial charge on any atom is -0.353 e. The fraction of sp³-hybridized carbons (Fsp3) is 0.100. The summed E-state index contributed by atoms with van der Waals surface area (Å²) < 4.78 is 0. The van der Waals surface area contributed by atoms with Crippen LogP contribution in [-0.2, 0) is 0 Å². The lowest BCUT2D eigenvalue weighted by Crippen LogP contribution is -2.49. The van der Waals surface area contributed by atoms with Crippen molar-refractivity contribution in [2.24, 2.45) is 16.5 Å². The predicted molar refractivity (Wildman–Crippen MR) is 76.5 cm³/mol. The molecule has 1 aromatic heterocycles. The average molecular weight is 310 g/mol. The Morgan fingerprint density at radius 1 is 1.32 bits per heavy atom. The van der Waals surface area contributed by atoms with Crippen LogP contribution >= 0.6 is 0 Å². The number of hydrogen-bond donors (Lipinski definition) is 7. The fourth-order valence-electron chi connectivity index (χ4n) is 1.19. The van der Waals surface area contributed by atoms with Crippen LogP contribution in [0.1, 0.15) is 0 Å². The molecule has 12 heteroatoms. The van der Waals surface area contributed by atoms with E-state index in [0.717, 1.165) is 0 Å². The fourth-order valence-corrected chi connectivity index (χ4v) is 1.19. The maximum absolute atomic E-state index is 10.6. The monoisotopic (exact) mass is 310 g/mol. The topological polar surface area (TPSA) is 201 Å². The molecule has 0 bridgehead atoms. The van der Waals surface area contributed by atoms with E-state index in [9.17, 15) is 19.5 Å². The van der Waals surface area contributed by atoms with Gasteiger partial charge in [-0.25, -0.2) is 19.6 Å². The number of carbonyl (C=O) groups is 2. The first kappa shape index (κ1) is 16.6. The van der Waals surface area contributed by atoms with Crippen LogP contribution in [-0.4, -0.2) is 39.3 Å². The number of primary amides is 2. The highest BCUT2D eigenvalue weighted by atomic mass is 16.3. The third-order valence-electron chi connectivity index (χ3n) is 1.97. The third kappa shape index (κ3) is 6.16. The van der Waals surface area contributed by atoms with Gasteiger partial charge in [-0.2, -0.15) is 0 Å². The van der Waals surface area contributed by atoms with Crippen LogP contribution in [0.15, 0.2) is 34.3 Å². The number of nitrogens with one attached hydrogen (secondary N) is 4. The summed E-state index contributed by atoms with van der Waals surface area (Å²) in [6.07, 6.45) is 5.21. The zero-order valence-corrected chi connectivity index (χ0v) is 11.1. The lowest BCUT2D eigenvalue weighted by Gasteiger charge is -2.21. The van der Waals surface area contributed by atoms with Gasteiger partial charge in [0.05, 0.1) is 6.34 Å². The number of hydrogen-bond acceptors (Lipinski definition) is 7. The molecule has 0 aliphatic carbocycles. The number of amides is 4. The number of anilines is 1. The van der Waals surface area contributed by atoms with E-state index in [4.69, 9.17) is 11.5 Å². The van der Waals surface area contributed by atoms with Crippen molar-refractivity contribution in [1.29, 1.82) is 0 Å². The van der Waals surface area contributed by atoms with Gasteiger partial charge in [0, 0.05) is 24.5 Å². The quantitative estimate of drug-likeness (QED) is 0.299. The van der Waals surface area contributed by atoms with Crippen molar-refractivity contribution in [3.05, 3.63) is 34.9 Å². The van der Waals surface area contributed by atoms with Crippen LogP contribution < -0.4 is 33.0 Å². The second-order valence-corrected chi connectivity index (χ2v) is 3.75. The number of aromatic amines is 1. The van der Waals surface area contributed by atoms with Gasteiger partial charge in [-0.15, -0.1) is 0 Å². The summed E-state index contributed by atoms with van der Waals surface area (Å²) in [5, 5.41) is 16.0. The van der Waals surface area contributed by atoms with E-state index >= 15 is 0 Å². The summed E-state index contributed by atoms with van der Waals surface area (Å²) in [6, 6.07) is -0.373. The number of nitrogens with two attached hydrogens (primary N) is 2. The van der Waals surface area contributed by atoms with Crippen LogP contribution in [0.2, 0.25) is 0 Å². The maximum atomic E-state index is 10.6. The summed E-state index contributed by atoms with van der Waals surface area (Å²) >= 11 is 0. The lowest BCUT2D eigenvalue weighted by molar-refractivity contribution is 0.0743. The van der Waals surface area contributed by atoms with Gasteiger partial charge < -0.3 is 21.9 Å². The molecule has 0 spiro atoms. The first-order valence-electron chi connectivity index (χ1n) is 5.70. The van der Waals surface area contributed by atoms with E-state index < -0.39 is 17.9 Å². The van der Waals surface area contributed by atoms with Gasteiger partial charge in [0.25, 0.3) is 11.4 Å². The molecule has 2 heterocycles. The van der Waals surface area contributed by atoms with Crippen LogP contribution in [0.25, 0.3) is 0 Å². The Hall–Kier alpha value is -3.41. The molecule has 1 aromatic rings. The van der Waals surface area contributed by atoms with Crippen LogP contribution in [0.4, 0.5) is 15.5 Å².